The van der Waals surface area contributed by atoms with E-state index in [1.54, 1.807) is 0 Å². The first-order chi connectivity index (χ1) is 8.36. The molecule has 1 rings (SSSR count). The SMILES string of the molecule is CCCC(CCC)NCCCCn1ccnc1. The summed E-state index contributed by atoms with van der Waals surface area (Å²) in [5.74, 6) is 0. The monoisotopic (exact) mass is 237 g/mol. The van der Waals surface area contributed by atoms with Crippen LogP contribution in [0.15, 0.2) is 18.7 Å². The van der Waals surface area contributed by atoms with Crippen LogP contribution in [0.25, 0.3) is 0 Å². The topological polar surface area (TPSA) is 29.9 Å². The number of hydrogen-bond acceptors (Lipinski definition) is 2. The molecular weight excluding hydrogens is 210 g/mol. The minimum absolute atomic E-state index is 0.734. The van der Waals surface area contributed by atoms with E-state index in [2.05, 4.69) is 28.7 Å². The van der Waals surface area contributed by atoms with Crippen LogP contribution in [0, 0.1) is 0 Å². The second kappa shape index (κ2) is 9.23. The molecule has 1 aromatic rings. The Kier molecular flexibility index (Phi) is 7.72. The van der Waals surface area contributed by atoms with Gasteiger partial charge in [0.25, 0.3) is 0 Å². The van der Waals surface area contributed by atoms with Gasteiger partial charge in [0.05, 0.1) is 6.33 Å². The molecule has 0 saturated carbocycles. The van der Waals surface area contributed by atoms with Gasteiger partial charge in [0, 0.05) is 25.0 Å². The third-order valence-corrected chi connectivity index (χ3v) is 3.11. The zero-order valence-corrected chi connectivity index (χ0v) is 11.4. The number of unbranched alkanes of at least 4 members (excludes halogenated alkanes) is 1. The number of imidazole rings is 1. The molecule has 1 N–H and O–H groups in total. The standard InChI is InChI=1S/C14H27N3/c1-3-7-14(8-4-2)16-9-5-6-11-17-12-10-15-13-17/h10,12-14,16H,3-9,11H2,1-2H3. The largest absolute Gasteiger partial charge is 0.337 e. The minimum Gasteiger partial charge on any atom is -0.337 e. The second-order valence-electron chi connectivity index (χ2n) is 4.74. The van der Waals surface area contributed by atoms with Gasteiger partial charge in [-0.25, -0.2) is 4.98 Å². The molecule has 0 aliphatic carbocycles. The van der Waals surface area contributed by atoms with E-state index >= 15 is 0 Å². The van der Waals surface area contributed by atoms with E-state index in [1.165, 1.54) is 38.5 Å². The molecular formula is C14H27N3. The lowest BCUT2D eigenvalue weighted by atomic mass is 10.1. The lowest BCUT2D eigenvalue weighted by Gasteiger charge is -2.17. The maximum absolute atomic E-state index is 4.05. The number of nitrogens with one attached hydrogen (secondary N) is 1. The minimum atomic E-state index is 0.734. The maximum Gasteiger partial charge on any atom is 0.0945 e. The number of rotatable bonds is 10. The summed E-state index contributed by atoms with van der Waals surface area (Å²) in [4.78, 5) is 4.05. The van der Waals surface area contributed by atoms with Crippen LogP contribution in [0.4, 0.5) is 0 Å². The van der Waals surface area contributed by atoms with Crippen molar-refractivity contribution in [1.29, 1.82) is 0 Å². The molecule has 0 atom stereocenters. The zero-order chi connectivity index (χ0) is 12.3. The van der Waals surface area contributed by atoms with E-state index < -0.39 is 0 Å². The van der Waals surface area contributed by atoms with E-state index in [9.17, 15) is 0 Å². The van der Waals surface area contributed by atoms with Crippen molar-refractivity contribution < 1.29 is 0 Å². The Hall–Kier alpha value is -0.830. The molecule has 98 valence electrons. The van der Waals surface area contributed by atoms with Crippen LogP contribution in [0.5, 0.6) is 0 Å². The Morgan fingerprint density at radius 3 is 2.53 bits per heavy atom. The van der Waals surface area contributed by atoms with Gasteiger partial charge in [-0.05, 0) is 32.2 Å². The third-order valence-electron chi connectivity index (χ3n) is 3.11. The number of aryl methyl sites for hydroxylation is 1. The summed E-state index contributed by atoms with van der Waals surface area (Å²) in [6.07, 6.45) is 13.5. The molecule has 0 saturated heterocycles. The van der Waals surface area contributed by atoms with Crippen LogP contribution in [0.1, 0.15) is 52.4 Å². The highest BCUT2D eigenvalue weighted by atomic mass is 15.0. The molecule has 3 heteroatoms. The molecule has 0 aliphatic rings. The van der Waals surface area contributed by atoms with Crippen molar-refractivity contribution >= 4 is 0 Å². The molecule has 3 nitrogen and oxygen atoms in total. The fourth-order valence-corrected chi connectivity index (χ4v) is 2.19. The number of hydrogen-bond donors (Lipinski definition) is 1. The maximum atomic E-state index is 4.05. The van der Waals surface area contributed by atoms with Gasteiger partial charge in [-0.15, -0.1) is 0 Å². The molecule has 0 unspecified atom stereocenters. The molecule has 17 heavy (non-hydrogen) atoms. The first-order valence-electron chi connectivity index (χ1n) is 7.06. The van der Waals surface area contributed by atoms with Crippen LogP contribution in [0.2, 0.25) is 0 Å². The van der Waals surface area contributed by atoms with E-state index in [-0.39, 0.29) is 0 Å². The van der Waals surface area contributed by atoms with E-state index in [0.29, 0.717) is 0 Å². The molecule has 0 radical (unpaired) electrons. The van der Waals surface area contributed by atoms with E-state index in [1.807, 2.05) is 18.7 Å². The van der Waals surface area contributed by atoms with Crippen molar-refractivity contribution in [1.82, 2.24) is 14.9 Å². The Balaban J connectivity index is 2.01. The highest BCUT2D eigenvalue weighted by Gasteiger charge is 2.04. The van der Waals surface area contributed by atoms with Crippen LogP contribution < -0.4 is 5.32 Å². The van der Waals surface area contributed by atoms with Crippen molar-refractivity contribution in [3.8, 4) is 0 Å². The fraction of sp³-hybridized carbons (Fsp3) is 0.786. The summed E-state index contributed by atoms with van der Waals surface area (Å²) in [5.41, 5.74) is 0. The average Bonchev–Trinajstić information content (AvgIpc) is 2.82. The van der Waals surface area contributed by atoms with Crippen molar-refractivity contribution in [2.45, 2.75) is 65.0 Å². The Morgan fingerprint density at radius 2 is 1.94 bits per heavy atom. The quantitative estimate of drug-likeness (QED) is 0.633. The zero-order valence-electron chi connectivity index (χ0n) is 11.4. The van der Waals surface area contributed by atoms with Gasteiger partial charge in [0.2, 0.25) is 0 Å². The molecule has 0 aliphatic heterocycles. The molecule has 0 aromatic carbocycles. The summed E-state index contributed by atoms with van der Waals surface area (Å²) in [6, 6.07) is 0.734. The summed E-state index contributed by atoms with van der Waals surface area (Å²) in [5, 5.41) is 3.68. The van der Waals surface area contributed by atoms with Gasteiger partial charge in [0.1, 0.15) is 0 Å². The highest BCUT2D eigenvalue weighted by Crippen LogP contribution is 2.04. The Labute approximate surface area is 106 Å². The lowest BCUT2D eigenvalue weighted by Crippen LogP contribution is -2.29. The molecule has 1 heterocycles. The summed E-state index contributed by atoms with van der Waals surface area (Å²) in [6.45, 7) is 6.78. The highest BCUT2D eigenvalue weighted by molar-refractivity contribution is 4.73. The van der Waals surface area contributed by atoms with Crippen molar-refractivity contribution in [3.63, 3.8) is 0 Å². The third kappa shape index (κ3) is 6.47. The average molecular weight is 237 g/mol. The van der Waals surface area contributed by atoms with E-state index in [4.69, 9.17) is 0 Å². The molecule has 0 spiro atoms. The number of nitrogens with zero attached hydrogens (tertiary/aromatic N) is 2. The van der Waals surface area contributed by atoms with Crippen LogP contribution >= 0.6 is 0 Å². The summed E-state index contributed by atoms with van der Waals surface area (Å²) < 4.78 is 2.15. The van der Waals surface area contributed by atoms with Gasteiger partial charge >= 0.3 is 0 Å². The predicted octanol–water partition coefficient (Wildman–Crippen LogP) is 3.22. The van der Waals surface area contributed by atoms with Gasteiger partial charge in [-0.3, -0.25) is 0 Å². The predicted molar refractivity (Wildman–Crippen MR) is 73.1 cm³/mol. The molecule has 0 fully saturated rings. The molecule has 1 aromatic heterocycles. The van der Waals surface area contributed by atoms with Crippen LogP contribution in [0.3, 0.4) is 0 Å². The van der Waals surface area contributed by atoms with Gasteiger partial charge < -0.3 is 9.88 Å². The normalized spacial score (nSPS) is 11.2. The van der Waals surface area contributed by atoms with E-state index in [0.717, 1.165) is 19.1 Å². The van der Waals surface area contributed by atoms with Gasteiger partial charge in [0.15, 0.2) is 0 Å². The van der Waals surface area contributed by atoms with Crippen molar-refractivity contribution in [2.75, 3.05) is 6.54 Å². The van der Waals surface area contributed by atoms with Crippen molar-refractivity contribution in [3.05, 3.63) is 18.7 Å². The van der Waals surface area contributed by atoms with Crippen molar-refractivity contribution in [2.24, 2.45) is 0 Å². The number of aromatic nitrogens is 2. The van der Waals surface area contributed by atoms with Crippen LogP contribution in [-0.4, -0.2) is 22.1 Å². The summed E-state index contributed by atoms with van der Waals surface area (Å²) >= 11 is 0. The first kappa shape index (κ1) is 14.2. The Bertz CT molecular complexity index is 250. The first-order valence-corrected chi connectivity index (χ1v) is 7.06. The molecule has 0 amide bonds. The summed E-state index contributed by atoms with van der Waals surface area (Å²) in [7, 11) is 0. The fourth-order valence-electron chi connectivity index (χ4n) is 2.19. The van der Waals surface area contributed by atoms with Gasteiger partial charge in [-0.1, -0.05) is 26.7 Å². The second-order valence-corrected chi connectivity index (χ2v) is 4.74. The van der Waals surface area contributed by atoms with Crippen LogP contribution in [-0.2, 0) is 6.54 Å². The van der Waals surface area contributed by atoms with Gasteiger partial charge in [-0.2, -0.15) is 0 Å². The molecule has 0 bridgehead atoms. The Morgan fingerprint density at radius 1 is 1.18 bits per heavy atom. The smallest absolute Gasteiger partial charge is 0.0945 e. The lowest BCUT2D eigenvalue weighted by molar-refractivity contribution is 0.433.